The predicted octanol–water partition coefficient (Wildman–Crippen LogP) is 1.67. The van der Waals surface area contributed by atoms with Gasteiger partial charge in [-0.05, 0) is 18.1 Å². The van der Waals surface area contributed by atoms with Gasteiger partial charge in [-0.2, -0.15) is 0 Å². The number of para-hydroxylation sites is 1. The fourth-order valence-electron chi connectivity index (χ4n) is 2.32. The third kappa shape index (κ3) is 3.20. The molecular formula is C14H22N2O. The van der Waals surface area contributed by atoms with Gasteiger partial charge in [0.2, 0.25) is 0 Å². The molecule has 1 aromatic rings. The van der Waals surface area contributed by atoms with E-state index in [1.165, 1.54) is 11.3 Å². The van der Waals surface area contributed by atoms with Gasteiger partial charge in [0.1, 0.15) is 0 Å². The zero-order valence-corrected chi connectivity index (χ0v) is 10.8. The highest BCUT2D eigenvalue weighted by Gasteiger charge is 2.16. The minimum atomic E-state index is 0.304. The van der Waals surface area contributed by atoms with Gasteiger partial charge in [-0.25, -0.2) is 0 Å². The summed E-state index contributed by atoms with van der Waals surface area (Å²) in [6.45, 7) is 5.91. The van der Waals surface area contributed by atoms with E-state index in [4.69, 9.17) is 4.74 Å². The summed E-state index contributed by atoms with van der Waals surface area (Å²) < 4.78 is 5.74. The molecule has 1 aromatic carbocycles. The molecule has 0 bridgehead atoms. The zero-order chi connectivity index (χ0) is 12.1. The molecule has 1 aliphatic rings. The largest absolute Gasteiger partial charge is 0.374 e. The molecule has 0 spiro atoms. The van der Waals surface area contributed by atoms with Crippen molar-refractivity contribution in [3.63, 3.8) is 0 Å². The van der Waals surface area contributed by atoms with Crippen molar-refractivity contribution in [3.8, 4) is 0 Å². The molecule has 1 fully saturated rings. The number of ether oxygens (including phenoxy) is 1. The molecule has 2 rings (SSSR count). The zero-order valence-electron chi connectivity index (χ0n) is 10.8. The van der Waals surface area contributed by atoms with E-state index in [9.17, 15) is 0 Å². The monoisotopic (exact) mass is 234 g/mol. The minimum Gasteiger partial charge on any atom is -0.374 e. The van der Waals surface area contributed by atoms with Gasteiger partial charge in [0.05, 0.1) is 12.7 Å². The van der Waals surface area contributed by atoms with Crippen molar-refractivity contribution in [2.75, 3.05) is 38.2 Å². The smallest absolute Gasteiger partial charge is 0.0874 e. The molecular weight excluding hydrogens is 212 g/mol. The van der Waals surface area contributed by atoms with Crippen LogP contribution in [0.2, 0.25) is 0 Å². The Morgan fingerprint density at radius 1 is 1.41 bits per heavy atom. The molecule has 1 aliphatic heterocycles. The maximum absolute atomic E-state index is 5.74. The highest BCUT2D eigenvalue weighted by atomic mass is 16.5. The van der Waals surface area contributed by atoms with Crippen molar-refractivity contribution < 1.29 is 4.74 Å². The van der Waals surface area contributed by atoms with Gasteiger partial charge in [0.15, 0.2) is 0 Å². The normalized spacial score (nSPS) is 20.2. The van der Waals surface area contributed by atoms with Crippen LogP contribution >= 0.6 is 0 Å². The van der Waals surface area contributed by atoms with Gasteiger partial charge < -0.3 is 15.0 Å². The van der Waals surface area contributed by atoms with Crippen molar-refractivity contribution in [2.24, 2.45) is 0 Å². The van der Waals surface area contributed by atoms with E-state index >= 15 is 0 Å². The first-order valence-electron chi connectivity index (χ1n) is 6.42. The lowest BCUT2D eigenvalue weighted by Gasteiger charge is -2.30. The predicted molar refractivity (Wildman–Crippen MR) is 71.7 cm³/mol. The maximum atomic E-state index is 5.74. The number of likely N-dealkylation sites (N-methyl/N-ethyl adjacent to an activating group) is 1. The van der Waals surface area contributed by atoms with E-state index < -0.39 is 0 Å². The highest BCUT2D eigenvalue weighted by molar-refractivity contribution is 5.53. The van der Waals surface area contributed by atoms with E-state index in [0.29, 0.717) is 6.10 Å². The Kier molecular flexibility index (Phi) is 4.40. The van der Waals surface area contributed by atoms with Gasteiger partial charge in [-0.15, -0.1) is 0 Å². The Balaban J connectivity index is 2.00. The molecule has 1 atom stereocenters. The Labute approximate surface area is 104 Å². The molecule has 3 heteroatoms. The Morgan fingerprint density at radius 3 is 2.94 bits per heavy atom. The van der Waals surface area contributed by atoms with Crippen LogP contribution in [-0.2, 0) is 11.2 Å². The summed E-state index contributed by atoms with van der Waals surface area (Å²) in [6, 6.07) is 8.60. The van der Waals surface area contributed by atoms with Gasteiger partial charge in [0.25, 0.3) is 0 Å². The third-order valence-corrected chi connectivity index (χ3v) is 3.27. The lowest BCUT2D eigenvalue weighted by atomic mass is 10.1. The van der Waals surface area contributed by atoms with E-state index in [1.54, 1.807) is 0 Å². The van der Waals surface area contributed by atoms with Crippen molar-refractivity contribution in [1.29, 1.82) is 0 Å². The number of nitrogens with one attached hydrogen (secondary N) is 1. The van der Waals surface area contributed by atoms with Crippen LogP contribution < -0.4 is 10.2 Å². The van der Waals surface area contributed by atoms with E-state index in [0.717, 1.165) is 32.7 Å². The molecule has 0 aliphatic carbocycles. The fraction of sp³-hybridized carbons (Fsp3) is 0.571. The summed E-state index contributed by atoms with van der Waals surface area (Å²) in [5.41, 5.74) is 2.72. The summed E-state index contributed by atoms with van der Waals surface area (Å²) in [4.78, 5) is 2.30. The second kappa shape index (κ2) is 6.03. The van der Waals surface area contributed by atoms with Crippen molar-refractivity contribution >= 4 is 5.69 Å². The number of aryl methyl sites for hydroxylation is 1. The van der Waals surface area contributed by atoms with E-state index in [2.05, 4.69) is 48.5 Å². The molecule has 17 heavy (non-hydrogen) atoms. The first-order valence-corrected chi connectivity index (χ1v) is 6.42. The lowest BCUT2D eigenvalue weighted by molar-refractivity contribution is 0.0340. The standard InChI is InChI=1S/C14H22N2O/c1-3-12-6-4-5-7-14(12)16(2)11-13-10-15-8-9-17-13/h4-7,13,15H,3,8-11H2,1-2H3. The van der Waals surface area contributed by atoms with Gasteiger partial charge in [0, 0.05) is 32.4 Å². The van der Waals surface area contributed by atoms with Crippen LogP contribution in [0.4, 0.5) is 5.69 Å². The number of benzene rings is 1. The summed E-state index contributed by atoms with van der Waals surface area (Å²) in [5, 5.41) is 3.37. The number of hydrogen-bond donors (Lipinski definition) is 1. The first-order chi connectivity index (χ1) is 8.31. The SMILES string of the molecule is CCc1ccccc1N(C)CC1CNCCO1. The minimum absolute atomic E-state index is 0.304. The van der Waals surface area contributed by atoms with Crippen LogP contribution in [0.3, 0.4) is 0 Å². The van der Waals surface area contributed by atoms with E-state index in [-0.39, 0.29) is 0 Å². The first kappa shape index (κ1) is 12.4. The molecule has 0 aromatic heterocycles. The summed E-state index contributed by atoms with van der Waals surface area (Å²) in [6.07, 6.45) is 1.38. The topological polar surface area (TPSA) is 24.5 Å². The molecule has 1 saturated heterocycles. The summed E-state index contributed by atoms with van der Waals surface area (Å²) in [7, 11) is 2.15. The Bertz CT molecular complexity index is 348. The van der Waals surface area contributed by atoms with Gasteiger partial charge in [-0.1, -0.05) is 25.1 Å². The summed E-state index contributed by atoms with van der Waals surface area (Å²) >= 11 is 0. The van der Waals surface area contributed by atoms with Crippen LogP contribution in [0.15, 0.2) is 24.3 Å². The lowest BCUT2D eigenvalue weighted by Crippen LogP contribution is -2.44. The van der Waals surface area contributed by atoms with E-state index in [1.807, 2.05) is 0 Å². The number of anilines is 1. The highest BCUT2D eigenvalue weighted by Crippen LogP contribution is 2.20. The average molecular weight is 234 g/mol. The maximum Gasteiger partial charge on any atom is 0.0874 e. The Hall–Kier alpha value is -1.06. The molecule has 1 unspecified atom stereocenters. The van der Waals surface area contributed by atoms with Crippen LogP contribution in [0.25, 0.3) is 0 Å². The average Bonchev–Trinajstić information content (AvgIpc) is 2.40. The molecule has 1 N–H and O–H groups in total. The third-order valence-electron chi connectivity index (χ3n) is 3.27. The van der Waals surface area contributed by atoms with Crippen LogP contribution in [0, 0.1) is 0 Å². The molecule has 3 nitrogen and oxygen atoms in total. The van der Waals surface area contributed by atoms with Crippen molar-refractivity contribution in [2.45, 2.75) is 19.4 Å². The molecule has 0 amide bonds. The molecule has 1 heterocycles. The summed E-state index contributed by atoms with van der Waals surface area (Å²) in [5.74, 6) is 0. The van der Waals surface area contributed by atoms with Crippen LogP contribution in [0.1, 0.15) is 12.5 Å². The molecule has 94 valence electrons. The molecule has 0 saturated carbocycles. The number of nitrogens with zero attached hydrogens (tertiary/aromatic N) is 1. The van der Waals surface area contributed by atoms with Crippen molar-refractivity contribution in [3.05, 3.63) is 29.8 Å². The van der Waals surface area contributed by atoms with Crippen LogP contribution in [-0.4, -0.2) is 39.4 Å². The van der Waals surface area contributed by atoms with Crippen molar-refractivity contribution in [1.82, 2.24) is 5.32 Å². The van der Waals surface area contributed by atoms with Gasteiger partial charge in [-0.3, -0.25) is 0 Å². The number of morpholine rings is 1. The van der Waals surface area contributed by atoms with Crippen LogP contribution in [0.5, 0.6) is 0 Å². The quantitative estimate of drug-likeness (QED) is 0.857. The second-order valence-corrected chi connectivity index (χ2v) is 4.56. The number of hydrogen-bond acceptors (Lipinski definition) is 3. The second-order valence-electron chi connectivity index (χ2n) is 4.56. The van der Waals surface area contributed by atoms with Gasteiger partial charge >= 0.3 is 0 Å². The molecule has 0 radical (unpaired) electrons. The Morgan fingerprint density at radius 2 is 2.24 bits per heavy atom. The number of rotatable bonds is 4. The fourth-order valence-corrected chi connectivity index (χ4v) is 2.32.